The molecule has 0 spiro atoms. The summed E-state index contributed by atoms with van der Waals surface area (Å²) in [5.41, 5.74) is 8.37. The van der Waals surface area contributed by atoms with Gasteiger partial charge in [-0.05, 0) is 12.5 Å². The van der Waals surface area contributed by atoms with Gasteiger partial charge in [0.2, 0.25) is 0 Å². The Balaban J connectivity index is 2.16. The van der Waals surface area contributed by atoms with E-state index in [9.17, 15) is 0 Å². The van der Waals surface area contributed by atoms with Crippen molar-refractivity contribution in [3.8, 4) is 0 Å². The summed E-state index contributed by atoms with van der Waals surface area (Å²) in [5, 5.41) is 0. The van der Waals surface area contributed by atoms with Crippen molar-refractivity contribution in [1.82, 2.24) is 4.90 Å². The summed E-state index contributed by atoms with van der Waals surface area (Å²) in [6, 6.07) is 8.67. The van der Waals surface area contributed by atoms with Crippen LogP contribution >= 0.6 is 0 Å². The Labute approximate surface area is 90.6 Å². The zero-order chi connectivity index (χ0) is 10.8. The Morgan fingerprint density at radius 3 is 2.60 bits per heavy atom. The normalized spacial score (nSPS) is 21.3. The second kappa shape index (κ2) is 3.93. The van der Waals surface area contributed by atoms with E-state index in [0.29, 0.717) is 11.9 Å². The fourth-order valence-corrected chi connectivity index (χ4v) is 1.86. The molecule has 3 nitrogen and oxygen atoms in total. The van der Waals surface area contributed by atoms with Crippen LogP contribution in [0.4, 0.5) is 0 Å². The minimum atomic E-state index is 0.475. The van der Waals surface area contributed by atoms with Crippen LogP contribution in [0.1, 0.15) is 17.0 Å². The molecule has 0 amide bonds. The molecular weight excluding hydrogens is 186 g/mol. The number of rotatable bonds is 1. The van der Waals surface area contributed by atoms with Gasteiger partial charge in [0.05, 0.1) is 6.54 Å². The van der Waals surface area contributed by atoms with Crippen molar-refractivity contribution in [2.75, 3.05) is 20.1 Å². The number of aliphatic imine (C=N–C) groups is 1. The first kappa shape index (κ1) is 10.0. The van der Waals surface area contributed by atoms with Crippen LogP contribution in [0.15, 0.2) is 29.3 Å². The quantitative estimate of drug-likeness (QED) is 0.748. The highest BCUT2D eigenvalue weighted by atomic mass is 15.2. The third-order valence-corrected chi connectivity index (χ3v) is 2.91. The molecule has 1 aliphatic heterocycles. The van der Waals surface area contributed by atoms with E-state index in [0.717, 1.165) is 13.1 Å². The number of hydrogen-bond acceptors (Lipinski definition) is 3. The molecule has 2 N–H and O–H groups in total. The average molecular weight is 203 g/mol. The van der Waals surface area contributed by atoms with E-state index in [2.05, 4.69) is 36.2 Å². The highest BCUT2D eigenvalue weighted by Gasteiger charge is 2.19. The SMILES string of the molecule is Cc1ccc(C2CN=C(N)N(C)C2)cc1. The molecule has 3 heteroatoms. The first-order valence-electron chi connectivity index (χ1n) is 5.24. The molecule has 1 atom stereocenters. The molecule has 0 aliphatic carbocycles. The summed E-state index contributed by atoms with van der Waals surface area (Å²) in [7, 11) is 1.99. The molecular formula is C12H17N3. The van der Waals surface area contributed by atoms with E-state index in [4.69, 9.17) is 5.73 Å². The van der Waals surface area contributed by atoms with Crippen molar-refractivity contribution in [3.05, 3.63) is 35.4 Å². The van der Waals surface area contributed by atoms with Gasteiger partial charge in [-0.3, -0.25) is 4.99 Å². The Hall–Kier alpha value is -1.51. The van der Waals surface area contributed by atoms with Crippen LogP contribution in [-0.2, 0) is 0 Å². The third-order valence-electron chi connectivity index (χ3n) is 2.91. The van der Waals surface area contributed by atoms with Crippen LogP contribution in [0.5, 0.6) is 0 Å². The van der Waals surface area contributed by atoms with Gasteiger partial charge in [-0.25, -0.2) is 0 Å². The predicted molar refractivity (Wildman–Crippen MR) is 63.0 cm³/mol. The van der Waals surface area contributed by atoms with Gasteiger partial charge in [0.15, 0.2) is 5.96 Å². The number of guanidine groups is 1. The number of likely N-dealkylation sites (N-methyl/N-ethyl adjacent to an activating group) is 1. The van der Waals surface area contributed by atoms with Gasteiger partial charge < -0.3 is 10.6 Å². The van der Waals surface area contributed by atoms with E-state index in [1.165, 1.54) is 11.1 Å². The molecule has 1 aromatic rings. The maximum Gasteiger partial charge on any atom is 0.191 e. The monoisotopic (exact) mass is 203 g/mol. The first-order chi connectivity index (χ1) is 7.16. The second-order valence-electron chi connectivity index (χ2n) is 4.19. The highest BCUT2D eigenvalue weighted by molar-refractivity contribution is 5.78. The van der Waals surface area contributed by atoms with Crippen molar-refractivity contribution >= 4 is 5.96 Å². The summed E-state index contributed by atoms with van der Waals surface area (Å²) in [6.07, 6.45) is 0. The van der Waals surface area contributed by atoms with Crippen molar-refractivity contribution in [3.63, 3.8) is 0 Å². The fourth-order valence-electron chi connectivity index (χ4n) is 1.86. The topological polar surface area (TPSA) is 41.6 Å². The standard InChI is InChI=1S/C12H17N3/c1-9-3-5-10(6-4-9)11-7-14-12(13)15(2)8-11/h3-6,11H,7-8H2,1-2H3,(H2,13,14). The Morgan fingerprint density at radius 2 is 2.00 bits per heavy atom. The smallest absolute Gasteiger partial charge is 0.191 e. The second-order valence-corrected chi connectivity index (χ2v) is 4.19. The van der Waals surface area contributed by atoms with Crippen LogP contribution in [-0.4, -0.2) is 31.0 Å². The average Bonchev–Trinajstić information content (AvgIpc) is 2.23. The molecule has 2 rings (SSSR count). The van der Waals surface area contributed by atoms with E-state index in [1.807, 2.05) is 11.9 Å². The lowest BCUT2D eigenvalue weighted by Gasteiger charge is -2.28. The largest absolute Gasteiger partial charge is 0.370 e. The van der Waals surface area contributed by atoms with Crippen LogP contribution in [0, 0.1) is 6.92 Å². The molecule has 15 heavy (non-hydrogen) atoms. The Morgan fingerprint density at radius 1 is 1.33 bits per heavy atom. The molecule has 0 saturated heterocycles. The van der Waals surface area contributed by atoms with Crippen LogP contribution in [0.2, 0.25) is 0 Å². The summed E-state index contributed by atoms with van der Waals surface area (Å²) >= 11 is 0. The lowest BCUT2D eigenvalue weighted by atomic mass is 9.97. The molecule has 1 aliphatic rings. The van der Waals surface area contributed by atoms with Gasteiger partial charge >= 0.3 is 0 Å². The Bertz CT molecular complexity index is 367. The maximum absolute atomic E-state index is 5.72. The molecule has 0 aromatic heterocycles. The van der Waals surface area contributed by atoms with Crippen LogP contribution in [0.3, 0.4) is 0 Å². The number of nitrogens with two attached hydrogens (primary N) is 1. The summed E-state index contributed by atoms with van der Waals surface area (Å²) in [5.74, 6) is 1.13. The van der Waals surface area contributed by atoms with Crippen molar-refractivity contribution in [1.29, 1.82) is 0 Å². The number of nitrogens with zero attached hydrogens (tertiary/aromatic N) is 2. The molecule has 80 valence electrons. The van der Waals surface area contributed by atoms with Gasteiger partial charge in [-0.1, -0.05) is 29.8 Å². The van der Waals surface area contributed by atoms with Crippen molar-refractivity contribution < 1.29 is 0 Å². The summed E-state index contributed by atoms with van der Waals surface area (Å²) in [6.45, 7) is 3.87. The molecule has 0 radical (unpaired) electrons. The molecule has 1 aromatic carbocycles. The summed E-state index contributed by atoms with van der Waals surface area (Å²) < 4.78 is 0. The minimum absolute atomic E-state index is 0.475. The van der Waals surface area contributed by atoms with Gasteiger partial charge in [0.1, 0.15) is 0 Å². The van der Waals surface area contributed by atoms with E-state index in [1.54, 1.807) is 0 Å². The van der Waals surface area contributed by atoms with Crippen molar-refractivity contribution in [2.24, 2.45) is 10.7 Å². The minimum Gasteiger partial charge on any atom is -0.370 e. The fraction of sp³-hybridized carbons (Fsp3) is 0.417. The molecule has 0 fully saturated rings. The van der Waals surface area contributed by atoms with Gasteiger partial charge in [-0.15, -0.1) is 0 Å². The predicted octanol–water partition coefficient (Wildman–Crippen LogP) is 1.34. The molecule has 1 heterocycles. The molecule has 0 bridgehead atoms. The van der Waals surface area contributed by atoms with Gasteiger partial charge in [0.25, 0.3) is 0 Å². The number of benzene rings is 1. The van der Waals surface area contributed by atoms with Gasteiger partial charge in [0, 0.05) is 19.5 Å². The highest BCUT2D eigenvalue weighted by Crippen LogP contribution is 2.20. The molecule has 1 unspecified atom stereocenters. The number of aryl methyl sites for hydroxylation is 1. The summed E-state index contributed by atoms with van der Waals surface area (Å²) in [4.78, 5) is 6.32. The zero-order valence-electron chi connectivity index (χ0n) is 9.27. The Kier molecular flexibility index (Phi) is 2.62. The lowest BCUT2D eigenvalue weighted by molar-refractivity contribution is 0.422. The first-order valence-corrected chi connectivity index (χ1v) is 5.24. The number of hydrogen-bond donors (Lipinski definition) is 1. The maximum atomic E-state index is 5.72. The van der Waals surface area contributed by atoms with E-state index >= 15 is 0 Å². The van der Waals surface area contributed by atoms with E-state index < -0.39 is 0 Å². The lowest BCUT2D eigenvalue weighted by Crippen LogP contribution is -2.41. The molecule has 0 saturated carbocycles. The van der Waals surface area contributed by atoms with Crippen LogP contribution < -0.4 is 5.73 Å². The van der Waals surface area contributed by atoms with Gasteiger partial charge in [-0.2, -0.15) is 0 Å². The van der Waals surface area contributed by atoms with E-state index in [-0.39, 0.29) is 0 Å². The third kappa shape index (κ3) is 2.12. The van der Waals surface area contributed by atoms with Crippen molar-refractivity contribution in [2.45, 2.75) is 12.8 Å². The van der Waals surface area contributed by atoms with Crippen LogP contribution in [0.25, 0.3) is 0 Å². The zero-order valence-corrected chi connectivity index (χ0v) is 9.27.